The summed E-state index contributed by atoms with van der Waals surface area (Å²) in [5.41, 5.74) is 0.644. The summed E-state index contributed by atoms with van der Waals surface area (Å²) < 4.78 is 0. The number of nitrogens with zero attached hydrogens (tertiary/aromatic N) is 2. The average molecular weight is 312 g/mol. The second kappa shape index (κ2) is 7.61. The molecular weight excluding hydrogens is 290 g/mol. The first-order valence-corrected chi connectivity index (χ1v) is 7.92. The van der Waals surface area contributed by atoms with Crippen molar-refractivity contribution >= 4 is 23.0 Å². The van der Waals surface area contributed by atoms with Gasteiger partial charge in [0.15, 0.2) is 0 Å². The van der Waals surface area contributed by atoms with Gasteiger partial charge in [-0.05, 0) is 31.9 Å². The summed E-state index contributed by atoms with van der Waals surface area (Å²) in [6.07, 6.45) is 4.45. The van der Waals surface area contributed by atoms with Gasteiger partial charge in [0.1, 0.15) is 5.69 Å². The zero-order chi connectivity index (χ0) is 15.2. The molecule has 1 aromatic carbocycles. The minimum atomic E-state index is -0.349. The third-order valence-electron chi connectivity index (χ3n) is 3.83. The third-order valence-corrected chi connectivity index (χ3v) is 4.13. The van der Waals surface area contributed by atoms with Gasteiger partial charge >= 0.3 is 0 Å². The molecule has 116 valence electrons. The highest BCUT2D eigenvalue weighted by Crippen LogP contribution is 2.35. The van der Waals surface area contributed by atoms with Crippen molar-refractivity contribution in [2.24, 2.45) is 0 Å². The van der Waals surface area contributed by atoms with Crippen LogP contribution in [0.15, 0.2) is 18.2 Å². The highest BCUT2D eigenvalue weighted by atomic mass is 35.5. The molecule has 0 aliphatic carbocycles. The standard InChI is InChI=1S/C15H22ClN3O2/c1-2-10-18(11-12-6-3-4-9-17-12)15-13(16)7-5-8-14(15)19(20)21/h5,7-8,12,17H,2-4,6,9-11H2,1H3. The largest absolute Gasteiger partial charge is 0.363 e. The van der Waals surface area contributed by atoms with E-state index in [-0.39, 0.29) is 10.6 Å². The van der Waals surface area contributed by atoms with Gasteiger partial charge in [-0.3, -0.25) is 10.1 Å². The van der Waals surface area contributed by atoms with Crippen molar-refractivity contribution in [1.29, 1.82) is 0 Å². The first-order valence-electron chi connectivity index (χ1n) is 7.54. The van der Waals surface area contributed by atoms with Crippen molar-refractivity contribution < 1.29 is 4.92 Å². The van der Waals surface area contributed by atoms with Crippen molar-refractivity contribution in [2.75, 3.05) is 24.5 Å². The summed E-state index contributed by atoms with van der Waals surface area (Å²) in [6, 6.07) is 5.26. The van der Waals surface area contributed by atoms with Crippen LogP contribution in [0.5, 0.6) is 0 Å². The maximum atomic E-state index is 11.3. The lowest BCUT2D eigenvalue weighted by Gasteiger charge is -2.32. The first-order chi connectivity index (χ1) is 10.1. The number of anilines is 1. The van der Waals surface area contributed by atoms with Gasteiger partial charge in [-0.1, -0.05) is 31.0 Å². The summed E-state index contributed by atoms with van der Waals surface area (Å²) in [5, 5.41) is 15.2. The topological polar surface area (TPSA) is 58.4 Å². The van der Waals surface area contributed by atoms with Crippen LogP contribution in [-0.4, -0.2) is 30.6 Å². The fourth-order valence-electron chi connectivity index (χ4n) is 2.87. The molecule has 0 saturated carbocycles. The molecule has 1 fully saturated rings. The fraction of sp³-hybridized carbons (Fsp3) is 0.600. The van der Waals surface area contributed by atoms with Crippen LogP contribution in [-0.2, 0) is 0 Å². The Morgan fingerprint density at radius 2 is 2.29 bits per heavy atom. The van der Waals surface area contributed by atoms with Gasteiger partial charge in [0.05, 0.1) is 9.95 Å². The van der Waals surface area contributed by atoms with E-state index in [1.165, 1.54) is 18.9 Å². The van der Waals surface area contributed by atoms with E-state index in [0.29, 0.717) is 16.8 Å². The Morgan fingerprint density at radius 3 is 2.90 bits per heavy atom. The van der Waals surface area contributed by atoms with Crippen molar-refractivity contribution in [2.45, 2.75) is 38.6 Å². The molecule has 1 atom stereocenters. The number of nitro groups is 1. The number of benzene rings is 1. The predicted octanol–water partition coefficient (Wildman–Crippen LogP) is 3.61. The van der Waals surface area contributed by atoms with Crippen molar-refractivity contribution in [1.82, 2.24) is 5.32 Å². The molecule has 0 amide bonds. The first kappa shape index (κ1) is 16.0. The van der Waals surface area contributed by atoms with Gasteiger partial charge in [0.2, 0.25) is 0 Å². The summed E-state index contributed by atoms with van der Waals surface area (Å²) in [6.45, 7) is 4.63. The van der Waals surface area contributed by atoms with Crippen LogP contribution in [0.25, 0.3) is 0 Å². The van der Waals surface area contributed by atoms with Gasteiger partial charge in [-0.15, -0.1) is 0 Å². The molecule has 1 aliphatic heterocycles. The maximum Gasteiger partial charge on any atom is 0.294 e. The highest BCUT2D eigenvalue weighted by Gasteiger charge is 2.25. The second-order valence-corrected chi connectivity index (χ2v) is 5.86. The molecule has 5 nitrogen and oxygen atoms in total. The van der Waals surface area contributed by atoms with Crippen LogP contribution in [0.3, 0.4) is 0 Å². The Morgan fingerprint density at radius 1 is 1.48 bits per heavy atom. The molecule has 0 spiro atoms. The van der Waals surface area contributed by atoms with E-state index in [1.807, 2.05) is 0 Å². The predicted molar refractivity (Wildman–Crippen MR) is 86.3 cm³/mol. The van der Waals surface area contributed by atoms with Gasteiger partial charge in [0, 0.05) is 25.2 Å². The minimum absolute atomic E-state index is 0.0896. The molecule has 0 aromatic heterocycles. The lowest BCUT2D eigenvalue weighted by molar-refractivity contribution is -0.384. The van der Waals surface area contributed by atoms with E-state index in [9.17, 15) is 10.1 Å². The van der Waals surface area contributed by atoms with Gasteiger partial charge in [0.25, 0.3) is 5.69 Å². The summed E-state index contributed by atoms with van der Waals surface area (Å²) in [7, 11) is 0. The molecule has 1 aromatic rings. The molecule has 1 unspecified atom stereocenters. The highest BCUT2D eigenvalue weighted by molar-refractivity contribution is 6.33. The molecule has 21 heavy (non-hydrogen) atoms. The number of rotatable bonds is 6. The van der Waals surface area contributed by atoms with Crippen molar-refractivity contribution in [3.05, 3.63) is 33.3 Å². The smallest absolute Gasteiger partial charge is 0.294 e. The second-order valence-electron chi connectivity index (χ2n) is 5.46. The van der Waals surface area contributed by atoms with E-state index in [1.54, 1.807) is 12.1 Å². The monoisotopic (exact) mass is 311 g/mol. The zero-order valence-electron chi connectivity index (χ0n) is 12.3. The summed E-state index contributed by atoms with van der Waals surface area (Å²) in [5.74, 6) is 0. The Bertz CT molecular complexity index is 490. The quantitative estimate of drug-likeness (QED) is 0.644. The molecule has 0 radical (unpaired) electrons. The van der Waals surface area contributed by atoms with E-state index in [2.05, 4.69) is 17.1 Å². The maximum absolute atomic E-state index is 11.3. The zero-order valence-corrected chi connectivity index (χ0v) is 13.1. The number of piperidine rings is 1. The summed E-state index contributed by atoms with van der Waals surface area (Å²) in [4.78, 5) is 13.0. The number of nitro benzene ring substituents is 1. The molecular formula is C15H22ClN3O2. The number of hydrogen-bond acceptors (Lipinski definition) is 4. The molecule has 1 N–H and O–H groups in total. The molecule has 0 bridgehead atoms. The van der Waals surface area contributed by atoms with Crippen molar-refractivity contribution in [3.8, 4) is 0 Å². The Balaban J connectivity index is 2.26. The Labute approximate surface area is 130 Å². The van der Waals surface area contributed by atoms with Crippen LogP contribution in [0.2, 0.25) is 5.02 Å². The molecule has 6 heteroatoms. The number of hydrogen-bond donors (Lipinski definition) is 1. The van der Waals surface area contributed by atoms with Crippen LogP contribution in [0, 0.1) is 10.1 Å². The lowest BCUT2D eigenvalue weighted by atomic mass is 10.0. The Hall–Kier alpha value is -1.33. The molecule has 1 saturated heterocycles. The summed E-state index contributed by atoms with van der Waals surface area (Å²) >= 11 is 6.26. The Kier molecular flexibility index (Phi) is 5.82. The lowest BCUT2D eigenvalue weighted by Crippen LogP contribution is -2.44. The average Bonchev–Trinajstić information content (AvgIpc) is 2.47. The van der Waals surface area contributed by atoms with Crippen LogP contribution < -0.4 is 10.2 Å². The number of nitrogens with one attached hydrogen (secondary N) is 1. The fourth-order valence-corrected chi connectivity index (χ4v) is 3.16. The van der Waals surface area contributed by atoms with E-state index >= 15 is 0 Å². The molecule has 1 heterocycles. The van der Waals surface area contributed by atoms with Crippen LogP contribution in [0.4, 0.5) is 11.4 Å². The molecule has 1 aliphatic rings. The van der Waals surface area contributed by atoms with Crippen LogP contribution in [0.1, 0.15) is 32.6 Å². The minimum Gasteiger partial charge on any atom is -0.363 e. The van der Waals surface area contributed by atoms with Gasteiger partial charge in [-0.25, -0.2) is 0 Å². The number of para-hydroxylation sites is 1. The normalized spacial score (nSPS) is 18.5. The molecule has 2 rings (SSSR count). The van der Waals surface area contributed by atoms with E-state index < -0.39 is 0 Å². The third kappa shape index (κ3) is 4.08. The van der Waals surface area contributed by atoms with Gasteiger partial charge < -0.3 is 10.2 Å². The van der Waals surface area contributed by atoms with E-state index in [4.69, 9.17) is 11.6 Å². The van der Waals surface area contributed by atoms with Crippen LogP contribution >= 0.6 is 11.6 Å². The SMILES string of the molecule is CCCN(CC1CCCCN1)c1c(Cl)cccc1[N+](=O)[O-]. The van der Waals surface area contributed by atoms with Crippen molar-refractivity contribution in [3.63, 3.8) is 0 Å². The van der Waals surface area contributed by atoms with E-state index in [0.717, 1.165) is 32.5 Å². The van der Waals surface area contributed by atoms with Gasteiger partial charge in [-0.2, -0.15) is 0 Å². The number of halogens is 1.